The lowest BCUT2D eigenvalue weighted by atomic mass is 9.99. The van der Waals surface area contributed by atoms with Crippen LogP contribution < -0.4 is 16.0 Å². The van der Waals surface area contributed by atoms with Crippen LogP contribution in [0.25, 0.3) is 0 Å². The van der Waals surface area contributed by atoms with Gasteiger partial charge in [-0.1, -0.05) is 41.5 Å². The Labute approximate surface area is 170 Å². The second-order valence-corrected chi connectivity index (χ2v) is 8.09. The highest BCUT2D eigenvalue weighted by Crippen LogP contribution is 2.11. The molecule has 0 bridgehead atoms. The van der Waals surface area contributed by atoms with Crippen molar-refractivity contribution in [2.75, 3.05) is 0 Å². The van der Waals surface area contributed by atoms with Crippen molar-refractivity contribution in [1.29, 1.82) is 0 Å². The second-order valence-electron chi connectivity index (χ2n) is 8.09. The first-order valence-corrected chi connectivity index (χ1v) is 9.68. The van der Waals surface area contributed by atoms with Gasteiger partial charge in [0, 0.05) is 12.5 Å². The van der Waals surface area contributed by atoms with E-state index < -0.39 is 54.5 Å². The Morgan fingerprint density at radius 1 is 0.828 bits per heavy atom. The van der Waals surface area contributed by atoms with Crippen molar-refractivity contribution in [1.82, 2.24) is 16.0 Å². The van der Waals surface area contributed by atoms with Gasteiger partial charge in [0.05, 0.1) is 6.04 Å². The Balaban J connectivity index is 5.46. The maximum Gasteiger partial charge on any atom is 0.374 e. The van der Waals surface area contributed by atoms with Gasteiger partial charge in [-0.05, 0) is 18.3 Å². The van der Waals surface area contributed by atoms with Crippen LogP contribution in [0, 0.1) is 11.8 Å². The van der Waals surface area contributed by atoms with E-state index in [1.165, 1.54) is 0 Å². The molecule has 0 aromatic heterocycles. The highest BCUT2D eigenvalue weighted by atomic mass is 19.3. The summed E-state index contributed by atoms with van der Waals surface area (Å²) < 4.78 is 25.4. The third-order valence-electron chi connectivity index (χ3n) is 4.06. The molecule has 2 amide bonds. The summed E-state index contributed by atoms with van der Waals surface area (Å²) in [7, 11) is 0. The fourth-order valence-electron chi connectivity index (χ4n) is 2.73. The van der Waals surface area contributed by atoms with Crippen molar-refractivity contribution < 1.29 is 33.1 Å². The molecule has 3 atom stereocenters. The first-order valence-electron chi connectivity index (χ1n) is 9.68. The topological polar surface area (TPSA) is 125 Å². The van der Waals surface area contributed by atoms with Gasteiger partial charge in [-0.15, -0.1) is 0 Å². The van der Waals surface area contributed by atoms with Crippen LogP contribution in [0.4, 0.5) is 8.78 Å². The highest BCUT2D eigenvalue weighted by molar-refractivity contribution is 6.35. The summed E-state index contributed by atoms with van der Waals surface area (Å²) >= 11 is 0. The maximum absolute atomic E-state index is 12.7. The SMILES string of the molecule is CC(C)C[C@H](NC(=O)[C@@H](NC(C)C)C(C)C)C(=O)NC(CC(F)F)C(=O)C(=O)O. The van der Waals surface area contributed by atoms with Crippen LogP contribution >= 0.6 is 0 Å². The van der Waals surface area contributed by atoms with E-state index in [1.807, 2.05) is 27.7 Å². The number of ketones is 1. The molecule has 8 nitrogen and oxygen atoms in total. The number of carbonyl (C=O) groups excluding carboxylic acids is 3. The Hall–Kier alpha value is -2.10. The quantitative estimate of drug-likeness (QED) is 0.333. The lowest BCUT2D eigenvalue weighted by Crippen LogP contribution is -2.57. The number of aliphatic carboxylic acids is 1. The molecule has 0 heterocycles. The van der Waals surface area contributed by atoms with Crippen molar-refractivity contribution in [3.63, 3.8) is 0 Å². The molecule has 0 aliphatic carbocycles. The molecule has 0 saturated carbocycles. The average molecular weight is 421 g/mol. The molecule has 0 aromatic rings. The first kappa shape index (κ1) is 26.9. The zero-order chi connectivity index (χ0) is 22.9. The number of carboxylic acid groups (broad SMARTS) is 1. The highest BCUT2D eigenvalue weighted by Gasteiger charge is 2.33. The second kappa shape index (κ2) is 12.5. The van der Waals surface area contributed by atoms with E-state index in [-0.39, 0.29) is 24.3 Å². The van der Waals surface area contributed by atoms with E-state index in [0.29, 0.717) is 0 Å². The normalized spacial score (nSPS) is 14.8. The molecule has 0 fully saturated rings. The van der Waals surface area contributed by atoms with Gasteiger partial charge in [0.15, 0.2) is 0 Å². The number of hydrogen-bond donors (Lipinski definition) is 4. The molecule has 0 radical (unpaired) electrons. The van der Waals surface area contributed by atoms with Gasteiger partial charge in [0.25, 0.3) is 5.78 Å². The van der Waals surface area contributed by atoms with E-state index in [4.69, 9.17) is 5.11 Å². The van der Waals surface area contributed by atoms with Gasteiger partial charge < -0.3 is 21.1 Å². The zero-order valence-corrected chi connectivity index (χ0v) is 17.8. The summed E-state index contributed by atoms with van der Waals surface area (Å²) in [6, 6.07) is -3.55. The van der Waals surface area contributed by atoms with Gasteiger partial charge in [-0.25, -0.2) is 13.6 Å². The van der Waals surface area contributed by atoms with Crippen LogP contribution in [0.3, 0.4) is 0 Å². The summed E-state index contributed by atoms with van der Waals surface area (Å²) in [5.74, 6) is -4.88. The van der Waals surface area contributed by atoms with Crippen molar-refractivity contribution in [2.24, 2.45) is 11.8 Å². The molecule has 168 valence electrons. The van der Waals surface area contributed by atoms with Crippen LogP contribution in [0.15, 0.2) is 0 Å². The Bertz CT molecular complexity index is 582. The molecule has 0 spiro atoms. The summed E-state index contributed by atoms with van der Waals surface area (Å²) in [4.78, 5) is 47.8. The van der Waals surface area contributed by atoms with Crippen molar-refractivity contribution in [3.8, 4) is 0 Å². The minimum Gasteiger partial charge on any atom is -0.475 e. The monoisotopic (exact) mass is 421 g/mol. The predicted molar refractivity (Wildman–Crippen MR) is 103 cm³/mol. The number of Topliss-reactive ketones (excluding diaryl/α,β-unsaturated/α-hetero) is 1. The minimum atomic E-state index is -2.98. The molecule has 10 heteroatoms. The van der Waals surface area contributed by atoms with Crippen LogP contribution in [0.2, 0.25) is 0 Å². The van der Waals surface area contributed by atoms with Gasteiger partial charge >= 0.3 is 5.97 Å². The lowest BCUT2D eigenvalue weighted by Gasteiger charge is -2.28. The van der Waals surface area contributed by atoms with Gasteiger partial charge in [0.2, 0.25) is 18.2 Å². The van der Waals surface area contributed by atoms with Crippen LogP contribution in [0.1, 0.15) is 54.4 Å². The Kier molecular flexibility index (Phi) is 11.6. The van der Waals surface area contributed by atoms with Crippen LogP contribution in [0.5, 0.6) is 0 Å². The third-order valence-corrected chi connectivity index (χ3v) is 4.06. The predicted octanol–water partition coefficient (Wildman–Crippen LogP) is 1.33. The number of hydrogen-bond acceptors (Lipinski definition) is 5. The maximum atomic E-state index is 12.7. The van der Waals surface area contributed by atoms with Crippen molar-refractivity contribution in [2.45, 2.75) is 85.0 Å². The molecule has 0 aromatic carbocycles. The number of alkyl halides is 2. The van der Waals surface area contributed by atoms with Gasteiger partial charge in [-0.3, -0.25) is 14.4 Å². The molecule has 0 saturated heterocycles. The number of rotatable bonds is 13. The fraction of sp³-hybridized carbons (Fsp3) is 0.789. The largest absolute Gasteiger partial charge is 0.475 e. The number of carboxylic acids is 1. The van der Waals surface area contributed by atoms with Crippen molar-refractivity contribution >= 4 is 23.6 Å². The van der Waals surface area contributed by atoms with Gasteiger partial charge in [0.1, 0.15) is 12.1 Å². The van der Waals surface area contributed by atoms with Crippen LogP contribution in [-0.4, -0.2) is 59.3 Å². The number of amides is 2. The Morgan fingerprint density at radius 2 is 1.34 bits per heavy atom. The van der Waals surface area contributed by atoms with Crippen LogP contribution in [-0.2, 0) is 19.2 Å². The summed E-state index contributed by atoms with van der Waals surface area (Å²) in [5.41, 5.74) is 0. The van der Waals surface area contributed by atoms with E-state index in [1.54, 1.807) is 13.8 Å². The third kappa shape index (κ3) is 10.3. The molecular formula is C19H33F2N3O5. The average Bonchev–Trinajstić information content (AvgIpc) is 2.56. The van der Waals surface area contributed by atoms with Crippen molar-refractivity contribution in [3.05, 3.63) is 0 Å². The summed E-state index contributed by atoms with van der Waals surface area (Å²) in [5, 5.41) is 16.6. The summed E-state index contributed by atoms with van der Waals surface area (Å²) in [6.45, 7) is 11.0. The molecule has 0 aliphatic rings. The smallest absolute Gasteiger partial charge is 0.374 e. The Morgan fingerprint density at radius 3 is 1.72 bits per heavy atom. The zero-order valence-electron chi connectivity index (χ0n) is 17.8. The number of nitrogens with one attached hydrogen (secondary N) is 3. The van der Waals surface area contributed by atoms with E-state index in [2.05, 4.69) is 16.0 Å². The first-order chi connectivity index (χ1) is 13.3. The van der Waals surface area contributed by atoms with E-state index in [9.17, 15) is 28.0 Å². The molecular weight excluding hydrogens is 388 g/mol. The van der Waals surface area contributed by atoms with E-state index >= 15 is 0 Å². The molecule has 29 heavy (non-hydrogen) atoms. The molecule has 0 aliphatic heterocycles. The van der Waals surface area contributed by atoms with E-state index in [0.717, 1.165) is 0 Å². The van der Waals surface area contributed by atoms with Gasteiger partial charge in [-0.2, -0.15) is 0 Å². The lowest BCUT2D eigenvalue weighted by molar-refractivity contribution is -0.151. The number of halogens is 2. The molecule has 1 unspecified atom stereocenters. The summed E-state index contributed by atoms with van der Waals surface area (Å²) in [6.07, 6.45) is -3.92. The minimum absolute atomic E-state index is 0.00846. The standard InChI is InChI=1S/C19H33F2N3O5/c1-9(2)7-13(24-18(27)15(10(3)4)22-11(5)6)17(26)23-12(8-14(20)21)16(25)19(28)29/h9-15,22H,7-8H2,1-6H3,(H,23,26)(H,24,27)(H,28,29)/t12?,13-,15-/m0/s1. The number of carbonyl (C=O) groups is 4. The fourth-order valence-corrected chi connectivity index (χ4v) is 2.73. The molecule has 0 rings (SSSR count). The molecule has 4 N–H and O–H groups in total.